The Balaban J connectivity index is 4.13. The third kappa shape index (κ3) is 8.04. The molecule has 1 unspecified atom stereocenters. The van der Waals surface area contributed by atoms with E-state index in [1.807, 2.05) is 13.2 Å². The molecule has 0 saturated heterocycles. The van der Waals surface area contributed by atoms with Gasteiger partial charge in [0.25, 0.3) is 0 Å². The summed E-state index contributed by atoms with van der Waals surface area (Å²) in [5.41, 5.74) is 5.71. The number of hydrogen-bond acceptors (Lipinski definition) is 4. The van der Waals surface area contributed by atoms with Crippen molar-refractivity contribution in [2.45, 2.75) is 44.7 Å². The summed E-state index contributed by atoms with van der Waals surface area (Å²) >= 11 is 1.63. The monoisotopic (exact) mass is 262 g/mol. The lowest BCUT2D eigenvalue weighted by Gasteiger charge is -2.19. The number of amides is 1. The molecule has 0 aromatic carbocycles. The number of thioether (sulfide) groups is 1. The van der Waals surface area contributed by atoms with Crippen LogP contribution >= 0.6 is 11.8 Å². The molecule has 6 heteroatoms. The zero-order valence-electron chi connectivity index (χ0n) is 10.4. The molecule has 0 fully saturated rings. The highest BCUT2D eigenvalue weighted by molar-refractivity contribution is 7.98. The largest absolute Gasteiger partial charge is 0.481 e. The van der Waals surface area contributed by atoms with Crippen molar-refractivity contribution >= 4 is 23.6 Å². The Kier molecular flexibility index (Phi) is 8.89. The highest BCUT2D eigenvalue weighted by atomic mass is 32.2. The Bertz CT molecular complexity index is 249. The van der Waals surface area contributed by atoms with Crippen LogP contribution in [-0.4, -0.2) is 41.1 Å². The predicted octanol–water partition coefficient (Wildman–Crippen LogP) is 0.826. The quantitative estimate of drug-likeness (QED) is 0.572. The first-order valence-electron chi connectivity index (χ1n) is 5.77. The third-order valence-corrected chi connectivity index (χ3v) is 3.02. The van der Waals surface area contributed by atoms with Crippen LogP contribution in [0.1, 0.15) is 32.6 Å². The van der Waals surface area contributed by atoms with Crippen molar-refractivity contribution in [2.75, 3.05) is 12.0 Å². The van der Waals surface area contributed by atoms with Crippen LogP contribution in [0.15, 0.2) is 0 Å². The van der Waals surface area contributed by atoms with Crippen LogP contribution in [0.3, 0.4) is 0 Å². The maximum Gasteiger partial charge on any atom is 0.305 e. The molecule has 0 bridgehead atoms. The lowest BCUT2D eigenvalue weighted by Crippen LogP contribution is -2.46. The molecule has 0 spiro atoms. The second-order valence-electron chi connectivity index (χ2n) is 3.98. The van der Waals surface area contributed by atoms with Gasteiger partial charge in [0.05, 0.1) is 12.5 Å². The smallest absolute Gasteiger partial charge is 0.305 e. The molecule has 2 atom stereocenters. The summed E-state index contributed by atoms with van der Waals surface area (Å²) in [6.45, 7) is 1.95. The fourth-order valence-electron chi connectivity index (χ4n) is 1.47. The van der Waals surface area contributed by atoms with Crippen molar-refractivity contribution in [1.82, 2.24) is 5.32 Å². The van der Waals surface area contributed by atoms with Crippen molar-refractivity contribution in [2.24, 2.45) is 5.73 Å². The van der Waals surface area contributed by atoms with Gasteiger partial charge in [0.2, 0.25) is 5.91 Å². The molecular formula is C11H22N2O3S. The number of carbonyl (C=O) groups excluding carboxylic acids is 1. The fourth-order valence-corrected chi connectivity index (χ4v) is 1.96. The van der Waals surface area contributed by atoms with Crippen molar-refractivity contribution < 1.29 is 14.7 Å². The third-order valence-electron chi connectivity index (χ3n) is 2.37. The van der Waals surface area contributed by atoms with Crippen LogP contribution in [-0.2, 0) is 9.59 Å². The Morgan fingerprint density at radius 1 is 1.41 bits per heavy atom. The van der Waals surface area contributed by atoms with Gasteiger partial charge in [-0.05, 0) is 24.9 Å². The molecule has 0 heterocycles. The molecule has 0 aliphatic heterocycles. The summed E-state index contributed by atoms with van der Waals surface area (Å²) in [6, 6.07) is -0.860. The van der Waals surface area contributed by atoms with Crippen LogP contribution in [0, 0.1) is 0 Å². The molecule has 0 aliphatic rings. The first-order valence-corrected chi connectivity index (χ1v) is 7.17. The highest BCUT2D eigenvalue weighted by Gasteiger charge is 2.19. The molecule has 0 aromatic heterocycles. The van der Waals surface area contributed by atoms with E-state index in [1.54, 1.807) is 11.8 Å². The van der Waals surface area contributed by atoms with Crippen LogP contribution in [0.25, 0.3) is 0 Å². The number of nitrogens with one attached hydrogen (secondary N) is 1. The minimum Gasteiger partial charge on any atom is -0.481 e. The number of carboxylic acid groups (broad SMARTS) is 1. The highest BCUT2D eigenvalue weighted by Crippen LogP contribution is 2.04. The Labute approximate surface area is 107 Å². The van der Waals surface area contributed by atoms with E-state index in [4.69, 9.17) is 10.8 Å². The maximum absolute atomic E-state index is 11.7. The lowest BCUT2D eigenvalue weighted by molar-refractivity contribution is -0.137. The Hall–Kier alpha value is -0.750. The molecule has 4 N–H and O–H groups in total. The van der Waals surface area contributed by atoms with Gasteiger partial charge in [0.15, 0.2) is 0 Å². The molecular weight excluding hydrogens is 240 g/mol. The average Bonchev–Trinajstić information content (AvgIpc) is 2.25. The van der Waals surface area contributed by atoms with Crippen LogP contribution in [0.2, 0.25) is 0 Å². The number of aliphatic carboxylic acids is 1. The molecule has 0 rings (SSSR count). The molecule has 1 amide bonds. The van der Waals surface area contributed by atoms with Gasteiger partial charge in [-0.1, -0.05) is 13.3 Å². The number of rotatable bonds is 9. The van der Waals surface area contributed by atoms with Crippen LogP contribution < -0.4 is 11.1 Å². The molecule has 5 nitrogen and oxygen atoms in total. The fraction of sp³-hybridized carbons (Fsp3) is 0.818. The lowest BCUT2D eigenvalue weighted by atomic mass is 10.1. The van der Waals surface area contributed by atoms with E-state index in [-0.39, 0.29) is 18.4 Å². The SMILES string of the molecule is CCCC(CC(=O)O)NC(=O)[C@H](N)CCSC. The van der Waals surface area contributed by atoms with Gasteiger partial charge in [0, 0.05) is 6.04 Å². The normalized spacial score (nSPS) is 14.1. The Morgan fingerprint density at radius 2 is 2.06 bits per heavy atom. The van der Waals surface area contributed by atoms with Crippen molar-refractivity contribution in [3.05, 3.63) is 0 Å². The maximum atomic E-state index is 11.7. The summed E-state index contributed by atoms with van der Waals surface area (Å²) in [7, 11) is 0. The molecule has 0 aliphatic carbocycles. The number of carbonyl (C=O) groups is 2. The first kappa shape index (κ1) is 16.2. The standard InChI is InChI=1S/C11H22N2O3S/c1-3-4-8(7-10(14)15)13-11(16)9(12)5-6-17-2/h8-9H,3-7,12H2,1-2H3,(H,13,16)(H,14,15)/t8?,9-/m1/s1. The van der Waals surface area contributed by atoms with Gasteiger partial charge >= 0.3 is 5.97 Å². The summed E-state index contributed by atoms with van der Waals surface area (Å²) < 4.78 is 0. The summed E-state index contributed by atoms with van der Waals surface area (Å²) in [6.07, 6.45) is 4.01. The van der Waals surface area contributed by atoms with E-state index in [0.717, 1.165) is 12.2 Å². The minimum atomic E-state index is -0.901. The zero-order chi connectivity index (χ0) is 13.3. The first-order chi connectivity index (χ1) is 8.01. The van der Waals surface area contributed by atoms with E-state index in [0.29, 0.717) is 12.8 Å². The topological polar surface area (TPSA) is 92.4 Å². The van der Waals surface area contributed by atoms with E-state index < -0.39 is 12.0 Å². The number of carboxylic acids is 1. The molecule has 0 radical (unpaired) electrons. The van der Waals surface area contributed by atoms with Crippen molar-refractivity contribution in [3.63, 3.8) is 0 Å². The van der Waals surface area contributed by atoms with E-state index in [1.165, 1.54) is 0 Å². The summed E-state index contributed by atoms with van der Waals surface area (Å²) in [5, 5.41) is 11.4. The Morgan fingerprint density at radius 3 is 2.53 bits per heavy atom. The molecule has 0 aromatic rings. The minimum absolute atomic E-state index is 0.0468. The van der Waals surface area contributed by atoms with Gasteiger partial charge in [0.1, 0.15) is 0 Å². The molecule has 0 saturated carbocycles. The van der Waals surface area contributed by atoms with E-state index in [2.05, 4.69) is 5.32 Å². The summed E-state index contributed by atoms with van der Waals surface area (Å²) in [5.74, 6) is -0.327. The average molecular weight is 262 g/mol. The second-order valence-corrected chi connectivity index (χ2v) is 4.97. The van der Waals surface area contributed by atoms with Gasteiger partial charge in [-0.25, -0.2) is 0 Å². The number of nitrogens with two attached hydrogens (primary N) is 1. The second kappa shape index (κ2) is 9.30. The van der Waals surface area contributed by atoms with E-state index >= 15 is 0 Å². The molecule has 17 heavy (non-hydrogen) atoms. The van der Waals surface area contributed by atoms with Crippen molar-refractivity contribution in [1.29, 1.82) is 0 Å². The van der Waals surface area contributed by atoms with Crippen LogP contribution in [0.5, 0.6) is 0 Å². The van der Waals surface area contributed by atoms with Gasteiger partial charge in [-0.3, -0.25) is 9.59 Å². The van der Waals surface area contributed by atoms with Gasteiger partial charge in [-0.15, -0.1) is 0 Å². The van der Waals surface area contributed by atoms with Gasteiger partial charge in [-0.2, -0.15) is 11.8 Å². The van der Waals surface area contributed by atoms with Crippen LogP contribution in [0.4, 0.5) is 0 Å². The number of hydrogen-bond donors (Lipinski definition) is 3. The predicted molar refractivity (Wildman–Crippen MR) is 70.1 cm³/mol. The van der Waals surface area contributed by atoms with E-state index in [9.17, 15) is 9.59 Å². The zero-order valence-corrected chi connectivity index (χ0v) is 11.3. The molecule has 100 valence electrons. The van der Waals surface area contributed by atoms with Crippen molar-refractivity contribution in [3.8, 4) is 0 Å². The summed E-state index contributed by atoms with van der Waals surface area (Å²) in [4.78, 5) is 22.3. The van der Waals surface area contributed by atoms with Gasteiger partial charge < -0.3 is 16.2 Å².